The maximum Gasteiger partial charge on any atom is 0.422 e. The SMILES string of the molecule is CC(c1ccc(-c2ccc(C(=O)O)cc2)cc1Cl)C(O)(c1ccnc(Cl)c1)C(F)(F)F. The quantitative estimate of drug-likeness (QED) is 0.429. The minimum Gasteiger partial charge on any atom is -0.478 e. The molecule has 0 saturated carbocycles. The first-order valence-corrected chi connectivity index (χ1v) is 9.75. The molecule has 3 aromatic rings. The zero-order valence-corrected chi connectivity index (χ0v) is 17.5. The third kappa shape index (κ3) is 4.39. The van der Waals surface area contributed by atoms with E-state index >= 15 is 0 Å². The molecule has 2 aromatic carbocycles. The monoisotopic (exact) mass is 469 g/mol. The molecule has 9 heteroatoms. The molecule has 4 nitrogen and oxygen atoms in total. The number of carbonyl (C=O) groups is 1. The maximum absolute atomic E-state index is 14.0. The van der Waals surface area contributed by atoms with Crippen molar-refractivity contribution >= 4 is 29.2 Å². The van der Waals surface area contributed by atoms with E-state index in [-0.39, 0.29) is 21.3 Å². The Bertz CT molecular complexity index is 1120. The number of hydrogen-bond acceptors (Lipinski definition) is 3. The van der Waals surface area contributed by atoms with E-state index in [1.807, 2.05) is 0 Å². The lowest BCUT2D eigenvalue weighted by atomic mass is 9.77. The van der Waals surface area contributed by atoms with Gasteiger partial charge in [0.1, 0.15) is 5.15 Å². The fourth-order valence-corrected chi connectivity index (χ4v) is 3.90. The van der Waals surface area contributed by atoms with Crippen LogP contribution in [0.1, 0.15) is 34.3 Å². The smallest absolute Gasteiger partial charge is 0.422 e. The van der Waals surface area contributed by atoms with Gasteiger partial charge in [-0.25, -0.2) is 9.78 Å². The number of pyridine rings is 1. The van der Waals surface area contributed by atoms with Crippen molar-refractivity contribution in [3.63, 3.8) is 0 Å². The number of aliphatic hydroxyl groups is 1. The fraction of sp³-hybridized carbons (Fsp3) is 0.182. The highest BCUT2D eigenvalue weighted by molar-refractivity contribution is 6.31. The Morgan fingerprint density at radius 2 is 1.61 bits per heavy atom. The summed E-state index contributed by atoms with van der Waals surface area (Å²) in [7, 11) is 0. The first-order valence-electron chi connectivity index (χ1n) is 8.99. The summed E-state index contributed by atoms with van der Waals surface area (Å²) in [5.41, 5.74) is -2.30. The van der Waals surface area contributed by atoms with Crippen LogP contribution in [0.5, 0.6) is 0 Å². The summed E-state index contributed by atoms with van der Waals surface area (Å²) in [4.78, 5) is 14.7. The molecular weight excluding hydrogens is 454 g/mol. The number of nitrogens with zero attached hydrogens (tertiary/aromatic N) is 1. The molecule has 0 radical (unpaired) electrons. The molecule has 1 aromatic heterocycles. The van der Waals surface area contributed by atoms with Gasteiger partial charge >= 0.3 is 12.1 Å². The number of alkyl halides is 3. The molecule has 162 valence electrons. The highest BCUT2D eigenvalue weighted by Crippen LogP contribution is 2.50. The molecule has 0 saturated heterocycles. The lowest BCUT2D eigenvalue weighted by molar-refractivity contribution is -0.274. The number of rotatable bonds is 5. The van der Waals surface area contributed by atoms with E-state index in [1.54, 1.807) is 18.2 Å². The summed E-state index contributed by atoms with van der Waals surface area (Å²) in [6, 6.07) is 12.4. The second kappa shape index (κ2) is 8.49. The molecule has 0 aliphatic rings. The molecule has 0 aliphatic heterocycles. The maximum atomic E-state index is 14.0. The van der Waals surface area contributed by atoms with Gasteiger partial charge in [0.2, 0.25) is 0 Å². The van der Waals surface area contributed by atoms with Crippen molar-refractivity contribution in [2.45, 2.75) is 24.6 Å². The van der Waals surface area contributed by atoms with Crippen molar-refractivity contribution in [3.8, 4) is 11.1 Å². The number of hydrogen-bond donors (Lipinski definition) is 2. The normalized spacial score (nSPS) is 14.7. The number of carboxylic acid groups (broad SMARTS) is 1. The molecular formula is C22H16Cl2F3NO3. The van der Waals surface area contributed by atoms with Crippen molar-refractivity contribution in [1.82, 2.24) is 4.98 Å². The Kier molecular flexibility index (Phi) is 6.32. The van der Waals surface area contributed by atoms with Gasteiger partial charge in [-0.05, 0) is 52.6 Å². The molecule has 0 bridgehead atoms. The van der Waals surface area contributed by atoms with Gasteiger partial charge in [0.05, 0.1) is 5.56 Å². The Morgan fingerprint density at radius 1 is 1.00 bits per heavy atom. The standard InChI is InChI=1S/C22H16Cl2F3NO3/c1-12(21(31,22(25,26)27)16-8-9-28-19(24)11-16)17-7-6-15(10-18(17)23)13-2-4-14(5-3-13)20(29)30/h2-12,31H,1H3,(H,29,30). The van der Waals surface area contributed by atoms with Crippen LogP contribution in [0.2, 0.25) is 10.2 Å². The number of aromatic carboxylic acids is 1. The molecule has 0 spiro atoms. The van der Waals surface area contributed by atoms with Crippen molar-refractivity contribution in [3.05, 3.63) is 87.7 Å². The third-order valence-electron chi connectivity index (χ3n) is 5.16. The zero-order valence-electron chi connectivity index (χ0n) is 16.0. The topological polar surface area (TPSA) is 70.4 Å². The molecule has 0 amide bonds. The Labute approximate surface area is 185 Å². The van der Waals surface area contributed by atoms with E-state index in [0.717, 1.165) is 18.3 Å². The average Bonchev–Trinajstić information content (AvgIpc) is 2.71. The van der Waals surface area contributed by atoms with E-state index < -0.39 is 29.2 Å². The minimum atomic E-state index is -5.02. The molecule has 31 heavy (non-hydrogen) atoms. The average molecular weight is 470 g/mol. The minimum absolute atomic E-state index is 0.0233. The van der Waals surface area contributed by atoms with Gasteiger partial charge in [0, 0.05) is 17.1 Å². The molecule has 2 N–H and O–H groups in total. The highest BCUT2D eigenvalue weighted by Gasteiger charge is 2.59. The molecule has 2 atom stereocenters. The van der Waals surface area contributed by atoms with Crippen LogP contribution in [-0.4, -0.2) is 27.3 Å². The van der Waals surface area contributed by atoms with Gasteiger partial charge < -0.3 is 10.2 Å². The first-order chi connectivity index (χ1) is 14.4. The fourth-order valence-electron chi connectivity index (χ4n) is 3.39. The van der Waals surface area contributed by atoms with Crippen LogP contribution in [0.15, 0.2) is 60.8 Å². The van der Waals surface area contributed by atoms with E-state index in [1.165, 1.54) is 31.2 Å². The lowest BCUT2D eigenvalue weighted by Crippen LogP contribution is -2.46. The van der Waals surface area contributed by atoms with Gasteiger partial charge in [0.15, 0.2) is 5.60 Å². The highest BCUT2D eigenvalue weighted by atomic mass is 35.5. The lowest BCUT2D eigenvalue weighted by Gasteiger charge is -2.37. The van der Waals surface area contributed by atoms with Crippen molar-refractivity contribution in [2.24, 2.45) is 0 Å². The van der Waals surface area contributed by atoms with Crippen molar-refractivity contribution in [2.75, 3.05) is 0 Å². The van der Waals surface area contributed by atoms with Gasteiger partial charge in [-0.2, -0.15) is 13.2 Å². The van der Waals surface area contributed by atoms with Gasteiger partial charge in [0.25, 0.3) is 0 Å². The van der Waals surface area contributed by atoms with E-state index in [4.69, 9.17) is 28.3 Å². The van der Waals surface area contributed by atoms with Crippen LogP contribution in [0.25, 0.3) is 11.1 Å². The van der Waals surface area contributed by atoms with Crippen molar-refractivity contribution in [1.29, 1.82) is 0 Å². The van der Waals surface area contributed by atoms with Gasteiger partial charge in [-0.1, -0.05) is 54.4 Å². The second-order valence-electron chi connectivity index (χ2n) is 6.97. The number of carboxylic acids is 1. The van der Waals surface area contributed by atoms with Crippen LogP contribution in [-0.2, 0) is 5.60 Å². The second-order valence-corrected chi connectivity index (χ2v) is 7.77. The summed E-state index contributed by atoms with van der Waals surface area (Å²) in [5.74, 6) is -2.54. The van der Waals surface area contributed by atoms with Gasteiger partial charge in [-0.15, -0.1) is 0 Å². The molecule has 2 unspecified atom stereocenters. The summed E-state index contributed by atoms with van der Waals surface area (Å²) < 4.78 is 42.1. The largest absolute Gasteiger partial charge is 0.478 e. The summed E-state index contributed by atoms with van der Waals surface area (Å²) in [5, 5.41) is 19.7. The van der Waals surface area contributed by atoms with Gasteiger partial charge in [-0.3, -0.25) is 0 Å². The number of halogens is 5. The Morgan fingerprint density at radius 3 is 2.13 bits per heavy atom. The molecule has 0 fully saturated rings. The van der Waals surface area contributed by atoms with Crippen LogP contribution in [0, 0.1) is 0 Å². The number of benzene rings is 2. The summed E-state index contributed by atoms with van der Waals surface area (Å²) >= 11 is 12.1. The Hall–Kier alpha value is -2.61. The first kappa shape index (κ1) is 23.1. The van der Waals surface area contributed by atoms with E-state index in [0.29, 0.717) is 11.1 Å². The van der Waals surface area contributed by atoms with Crippen LogP contribution in [0.4, 0.5) is 13.2 Å². The van der Waals surface area contributed by atoms with Crippen LogP contribution >= 0.6 is 23.2 Å². The molecule has 3 rings (SSSR count). The van der Waals surface area contributed by atoms with E-state index in [9.17, 15) is 23.1 Å². The van der Waals surface area contributed by atoms with E-state index in [2.05, 4.69) is 4.98 Å². The summed E-state index contributed by atoms with van der Waals surface area (Å²) in [6.07, 6.45) is -3.93. The molecule has 1 heterocycles. The number of aromatic nitrogens is 1. The summed E-state index contributed by atoms with van der Waals surface area (Å²) in [6.45, 7) is 1.23. The Balaban J connectivity index is 2.03. The predicted octanol–water partition coefficient (Wildman–Crippen LogP) is 6.31. The zero-order chi connectivity index (χ0) is 23.0. The van der Waals surface area contributed by atoms with Crippen molar-refractivity contribution < 1.29 is 28.2 Å². The van der Waals surface area contributed by atoms with Crippen LogP contribution in [0.3, 0.4) is 0 Å². The third-order valence-corrected chi connectivity index (χ3v) is 5.69. The predicted molar refractivity (Wildman–Crippen MR) is 111 cm³/mol. The van der Waals surface area contributed by atoms with Crippen LogP contribution < -0.4 is 0 Å². The molecule has 0 aliphatic carbocycles.